The molecule has 0 heterocycles. The van der Waals surface area contributed by atoms with Crippen molar-refractivity contribution in [3.05, 3.63) is 33.8 Å². The maximum absolute atomic E-state index is 6.00. The van der Waals surface area contributed by atoms with Crippen LogP contribution >= 0.6 is 23.2 Å². The van der Waals surface area contributed by atoms with Crippen LogP contribution in [0.25, 0.3) is 0 Å². The normalized spacial score (nSPS) is 12.9. The number of nitrogens with two attached hydrogens (primary N) is 1. The summed E-state index contributed by atoms with van der Waals surface area (Å²) in [5, 5.41) is 1.27. The van der Waals surface area contributed by atoms with Gasteiger partial charge in [-0.05, 0) is 31.4 Å². The highest BCUT2D eigenvalue weighted by Crippen LogP contribution is 2.26. The molecule has 1 rings (SSSR count). The van der Waals surface area contributed by atoms with Gasteiger partial charge in [0.25, 0.3) is 0 Å². The molecule has 1 unspecified atom stereocenters. The predicted octanol–water partition coefficient (Wildman–Crippen LogP) is 3.27. The fourth-order valence-corrected chi connectivity index (χ4v) is 1.54. The van der Waals surface area contributed by atoms with Gasteiger partial charge >= 0.3 is 0 Å². The minimum Gasteiger partial charge on any atom is -0.328 e. The van der Waals surface area contributed by atoms with Crippen molar-refractivity contribution in [2.75, 3.05) is 0 Å². The Morgan fingerprint density at radius 3 is 2.69 bits per heavy atom. The summed E-state index contributed by atoms with van der Waals surface area (Å²) in [5.41, 5.74) is 6.73. The topological polar surface area (TPSA) is 26.0 Å². The van der Waals surface area contributed by atoms with E-state index in [4.69, 9.17) is 28.9 Å². The molecule has 1 nitrogen and oxygen atoms in total. The zero-order valence-corrected chi connectivity index (χ0v) is 9.07. The van der Waals surface area contributed by atoms with Gasteiger partial charge in [-0.15, -0.1) is 0 Å². The van der Waals surface area contributed by atoms with Gasteiger partial charge in [0.15, 0.2) is 0 Å². The molecule has 0 aliphatic carbocycles. The first-order chi connectivity index (χ1) is 6.11. The Balaban J connectivity index is 2.71. The lowest BCUT2D eigenvalue weighted by atomic mass is 10.1. The van der Waals surface area contributed by atoms with Gasteiger partial charge in [-0.2, -0.15) is 0 Å². The number of rotatable bonds is 3. The lowest BCUT2D eigenvalue weighted by molar-refractivity contribution is 0.666. The minimum absolute atomic E-state index is 0.204. The second-order valence-corrected chi connectivity index (χ2v) is 4.01. The second kappa shape index (κ2) is 4.85. The maximum atomic E-state index is 6.00. The molecule has 0 radical (unpaired) electrons. The lowest BCUT2D eigenvalue weighted by Crippen LogP contribution is -2.15. The van der Waals surface area contributed by atoms with E-state index in [9.17, 15) is 0 Å². The molecule has 1 atom stereocenters. The van der Waals surface area contributed by atoms with Crippen molar-refractivity contribution in [3.8, 4) is 0 Å². The van der Waals surface area contributed by atoms with Crippen molar-refractivity contribution in [2.45, 2.75) is 25.8 Å². The summed E-state index contributed by atoms with van der Waals surface area (Å²) in [6.07, 6.45) is 1.82. The van der Waals surface area contributed by atoms with E-state index in [0.717, 1.165) is 18.4 Å². The largest absolute Gasteiger partial charge is 0.328 e. The second-order valence-electron chi connectivity index (χ2n) is 3.23. The van der Waals surface area contributed by atoms with Crippen molar-refractivity contribution < 1.29 is 0 Å². The monoisotopic (exact) mass is 217 g/mol. The molecule has 0 aromatic heterocycles. The first kappa shape index (κ1) is 10.8. The molecule has 13 heavy (non-hydrogen) atoms. The predicted molar refractivity (Wildman–Crippen MR) is 58.4 cm³/mol. The van der Waals surface area contributed by atoms with Crippen LogP contribution in [0.2, 0.25) is 10.0 Å². The average Bonchev–Trinajstić information content (AvgIpc) is 2.07. The molecular formula is C10H13Cl2N. The highest BCUT2D eigenvalue weighted by molar-refractivity contribution is 6.42. The highest BCUT2D eigenvalue weighted by Gasteiger charge is 2.04. The van der Waals surface area contributed by atoms with Crippen LogP contribution in [0.3, 0.4) is 0 Å². The summed E-state index contributed by atoms with van der Waals surface area (Å²) in [6, 6.07) is 5.88. The van der Waals surface area contributed by atoms with E-state index in [2.05, 4.69) is 0 Å². The Labute approximate surface area is 88.8 Å². The third-order valence-corrected chi connectivity index (χ3v) is 2.76. The zero-order chi connectivity index (χ0) is 9.84. The minimum atomic E-state index is 0.204. The number of benzene rings is 1. The molecule has 0 amide bonds. The summed E-state index contributed by atoms with van der Waals surface area (Å²) in [6.45, 7) is 1.98. The molecule has 0 fully saturated rings. The summed E-state index contributed by atoms with van der Waals surface area (Å²) in [4.78, 5) is 0. The molecule has 72 valence electrons. The third-order valence-electron chi connectivity index (χ3n) is 1.90. The van der Waals surface area contributed by atoms with Crippen molar-refractivity contribution in [1.82, 2.24) is 0 Å². The molecule has 2 N–H and O–H groups in total. The van der Waals surface area contributed by atoms with E-state index in [1.807, 2.05) is 19.1 Å². The zero-order valence-electron chi connectivity index (χ0n) is 7.56. The standard InChI is InChI=1S/C10H13Cl2N/c1-7(13)5-6-8-3-2-4-9(11)10(8)12/h2-4,7H,5-6,13H2,1H3. The summed E-state index contributed by atoms with van der Waals surface area (Å²) in [5.74, 6) is 0. The maximum Gasteiger partial charge on any atom is 0.0624 e. The molecule has 0 aliphatic heterocycles. The van der Waals surface area contributed by atoms with Gasteiger partial charge in [-0.1, -0.05) is 35.3 Å². The van der Waals surface area contributed by atoms with Gasteiger partial charge in [0.1, 0.15) is 0 Å². The first-order valence-electron chi connectivity index (χ1n) is 4.29. The molecule has 3 heteroatoms. The number of hydrogen-bond donors (Lipinski definition) is 1. The van der Waals surface area contributed by atoms with E-state index in [1.54, 1.807) is 6.07 Å². The molecule has 1 aromatic carbocycles. The van der Waals surface area contributed by atoms with Crippen LogP contribution in [-0.4, -0.2) is 6.04 Å². The van der Waals surface area contributed by atoms with Crippen LogP contribution in [0, 0.1) is 0 Å². The van der Waals surface area contributed by atoms with Crippen LogP contribution in [0.1, 0.15) is 18.9 Å². The van der Waals surface area contributed by atoms with Crippen molar-refractivity contribution in [3.63, 3.8) is 0 Å². The fourth-order valence-electron chi connectivity index (χ4n) is 1.12. The van der Waals surface area contributed by atoms with Crippen LogP contribution < -0.4 is 5.73 Å². The van der Waals surface area contributed by atoms with Gasteiger partial charge in [0.2, 0.25) is 0 Å². The Kier molecular flexibility index (Phi) is 4.04. The molecule has 0 spiro atoms. The van der Waals surface area contributed by atoms with Gasteiger partial charge in [0, 0.05) is 6.04 Å². The van der Waals surface area contributed by atoms with Crippen LogP contribution in [0.5, 0.6) is 0 Å². The van der Waals surface area contributed by atoms with Crippen LogP contribution in [-0.2, 0) is 6.42 Å². The molecule has 0 aliphatic rings. The van der Waals surface area contributed by atoms with Crippen LogP contribution in [0.4, 0.5) is 0 Å². The molecule has 0 saturated carbocycles. The van der Waals surface area contributed by atoms with Gasteiger partial charge < -0.3 is 5.73 Å². The highest BCUT2D eigenvalue weighted by atomic mass is 35.5. The van der Waals surface area contributed by atoms with Crippen molar-refractivity contribution >= 4 is 23.2 Å². The molecular weight excluding hydrogens is 205 g/mol. The fraction of sp³-hybridized carbons (Fsp3) is 0.400. The third kappa shape index (κ3) is 3.18. The number of hydrogen-bond acceptors (Lipinski definition) is 1. The molecule has 0 saturated heterocycles. The summed E-state index contributed by atoms with van der Waals surface area (Å²) >= 11 is 11.9. The Hall–Kier alpha value is -0.240. The Morgan fingerprint density at radius 2 is 2.08 bits per heavy atom. The smallest absolute Gasteiger partial charge is 0.0624 e. The lowest BCUT2D eigenvalue weighted by Gasteiger charge is -2.07. The van der Waals surface area contributed by atoms with Crippen molar-refractivity contribution in [1.29, 1.82) is 0 Å². The summed E-state index contributed by atoms with van der Waals surface area (Å²) < 4.78 is 0. The van der Waals surface area contributed by atoms with E-state index in [1.165, 1.54) is 0 Å². The molecule has 1 aromatic rings. The summed E-state index contributed by atoms with van der Waals surface area (Å²) in [7, 11) is 0. The van der Waals surface area contributed by atoms with Crippen LogP contribution in [0.15, 0.2) is 18.2 Å². The number of aryl methyl sites for hydroxylation is 1. The van der Waals surface area contributed by atoms with Gasteiger partial charge in [0.05, 0.1) is 10.0 Å². The van der Waals surface area contributed by atoms with E-state index in [0.29, 0.717) is 10.0 Å². The first-order valence-corrected chi connectivity index (χ1v) is 5.05. The number of halogens is 2. The Morgan fingerprint density at radius 1 is 1.38 bits per heavy atom. The van der Waals surface area contributed by atoms with Gasteiger partial charge in [-0.25, -0.2) is 0 Å². The van der Waals surface area contributed by atoms with E-state index >= 15 is 0 Å². The van der Waals surface area contributed by atoms with E-state index < -0.39 is 0 Å². The quantitative estimate of drug-likeness (QED) is 0.827. The van der Waals surface area contributed by atoms with Gasteiger partial charge in [-0.3, -0.25) is 0 Å². The molecule has 0 bridgehead atoms. The SMILES string of the molecule is CC(N)CCc1cccc(Cl)c1Cl. The Bertz CT molecular complexity index is 284. The van der Waals surface area contributed by atoms with E-state index in [-0.39, 0.29) is 6.04 Å². The van der Waals surface area contributed by atoms with Crippen molar-refractivity contribution in [2.24, 2.45) is 5.73 Å². The average molecular weight is 218 g/mol.